The van der Waals surface area contributed by atoms with Crippen molar-refractivity contribution in [2.75, 3.05) is 0 Å². The molecule has 0 aromatic heterocycles. The fraction of sp³-hybridized carbons (Fsp3) is 1.00. The standard InChI is InChI=1S/C10H19F2N/c1-7(2)13-9-5-3-8(4-6-9)10(11)12/h7-10,13H,3-6H2,1-2H3. The van der Waals surface area contributed by atoms with Crippen LogP contribution < -0.4 is 5.32 Å². The molecule has 1 N–H and O–H groups in total. The Morgan fingerprint density at radius 1 is 1.08 bits per heavy atom. The maximum atomic E-state index is 12.3. The molecule has 78 valence electrons. The molecule has 0 aromatic carbocycles. The van der Waals surface area contributed by atoms with E-state index in [-0.39, 0.29) is 5.92 Å². The van der Waals surface area contributed by atoms with E-state index in [4.69, 9.17) is 0 Å². The van der Waals surface area contributed by atoms with Crippen LogP contribution in [0.1, 0.15) is 39.5 Å². The van der Waals surface area contributed by atoms with Crippen molar-refractivity contribution in [2.24, 2.45) is 5.92 Å². The average molecular weight is 191 g/mol. The Labute approximate surface area is 78.9 Å². The zero-order valence-corrected chi connectivity index (χ0v) is 8.39. The van der Waals surface area contributed by atoms with E-state index >= 15 is 0 Å². The van der Waals surface area contributed by atoms with Gasteiger partial charge < -0.3 is 5.32 Å². The van der Waals surface area contributed by atoms with Crippen molar-refractivity contribution in [1.82, 2.24) is 5.32 Å². The molecule has 0 atom stereocenters. The lowest BCUT2D eigenvalue weighted by Crippen LogP contribution is -2.38. The summed E-state index contributed by atoms with van der Waals surface area (Å²) in [6.07, 6.45) is 1.07. The van der Waals surface area contributed by atoms with Crippen LogP contribution in [-0.2, 0) is 0 Å². The van der Waals surface area contributed by atoms with Gasteiger partial charge in [-0.2, -0.15) is 0 Å². The van der Waals surface area contributed by atoms with Gasteiger partial charge in [0, 0.05) is 18.0 Å². The summed E-state index contributed by atoms with van der Waals surface area (Å²) in [6, 6.07) is 0.933. The summed E-state index contributed by atoms with van der Waals surface area (Å²) in [5, 5.41) is 3.40. The van der Waals surface area contributed by atoms with E-state index in [0.717, 1.165) is 12.8 Å². The lowest BCUT2D eigenvalue weighted by Gasteiger charge is -2.29. The highest BCUT2D eigenvalue weighted by molar-refractivity contribution is 4.79. The molecule has 1 aliphatic rings. The largest absolute Gasteiger partial charge is 0.312 e. The van der Waals surface area contributed by atoms with Gasteiger partial charge in [0.15, 0.2) is 0 Å². The quantitative estimate of drug-likeness (QED) is 0.723. The summed E-state index contributed by atoms with van der Waals surface area (Å²) >= 11 is 0. The van der Waals surface area contributed by atoms with Crippen molar-refractivity contribution in [3.05, 3.63) is 0 Å². The van der Waals surface area contributed by atoms with Gasteiger partial charge in [-0.15, -0.1) is 0 Å². The van der Waals surface area contributed by atoms with Gasteiger partial charge >= 0.3 is 0 Å². The van der Waals surface area contributed by atoms with E-state index in [1.54, 1.807) is 0 Å². The predicted molar refractivity (Wildman–Crippen MR) is 50.0 cm³/mol. The fourth-order valence-electron chi connectivity index (χ4n) is 2.01. The van der Waals surface area contributed by atoms with Crippen LogP contribution in [0.15, 0.2) is 0 Å². The molecule has 0 radical (unpaired) electrons. The molecule has 0 aromatic rings. The lowest BCUT2D eigenvalue weighted by molar-refractivity contribution is 0.0501. The Kier molecular flexibility index (Phi) is 4.10. The zero-order valence-electron chi connectivity index (χ0n) is 8.39. The van der Waals surface area contributed by atoms with Crippen LogP contribution in [0.3, 0.4) is 0 Å². The van der Waals surface area contributed by atoms with Crippen molar-refractivity contribution in [2.45, 2.75) is 58.0 Å². The van der Waals surface area contributed by atoms with Gasteiger partial charge in [-0.3, -0.25) is 0 Å². The first-order chi connectivity index (χ1) is 6.09. The van der Waals surface area contributed by atoms with E-state index in [2.05, 4.69) is 19.2 Å². The number of hydrogen-bond donors (Lipinski definition) is 1. The number of alkyl halides is 2. The van der Waals surface area contributed by atoms with Crippen molar-refractivity contribution < 1.29 is 8.78 Å². The summed E-state index contributed by atoms with van der Waals surface area (Å²) in [4.78, 5) is 0. The molecule has 0 unspecified atom stereocenters. The Hall–Kier alpha value is -0.180. The van der Waals surface area contributed by atoms with Crippen molar-refractivity contribution in [3.8, 4) is 0 Å². The van der Waals surface area contributed by atoms with E-state index in [9.17, 15) is 8.78 Å². The third-order valence-electron chi connectivity index (χ3n) is 2.70. The minimum Gasteiger partial charge on any atom is -0.312 e. The normalized spacial score (nSPS) is 30.0. The van der Waals surface area contributed by atoms with Gasteiger partial charge in [-0.1, -0.05) is 13.8 Å². The molecule has 0 saturated heterocycles. The van der Waals surface area contributed by atoms with E-state index in [1.165, 1.54) is 0 Å². The summed E-state index contributed by atoms with van der Waals surface area (Å²) in [5.41, 5.74) is 0. The molecule has 1 rings (SSSR count). The fourth-order valence-corrected chi connectivity index (χ4v) is 2.01. The first-order valence-corrected chi connectivity index (χ1v) is 5.13. The zero-order chi connectivity index (χ0) is 9.84. The molecule has 1 aliphatic carbocycles. The van der Waals surface area contributed by atoms with Crippen LogP contribution in [0, 0.1) is 5.92 Å². The molecule has 0 amide bonds. The molecule has 3 heteroatoms. The van der Waals surface area contributed by atoms with Crippen LogP contribution in [0.5, 0.6) is 0 Å². The van der Waals surface area contributed by atoms with E-state index in [0.29, 0.717) is 24.9 Å². The molecule has 0 aliphatic heterocycles. The van der Waals surface area contributed by atoms with Crippen LogP contribution in [-0.4, -0.2) is 18.5 Å². The van der Waals surface area contributed by atoms with Gasteiger partial charge in [0.25, 0.3) is 0 Å². The molecule has 0 spiro atoms. The van der Waals surface area contributed by atoms with Crippen LogP contribution in [0.4, 0.5) is 8.78 Å². The van der Waals surface area contributed by atoms with Crippen molar-refractivity contribution in [3.63, 3.8) is 0 Å². The summed E-state index contributed by atoms with van der Waals surface area (Å²) in [7, 11) is 0. The molecular weight excluding hydrogens is 172 g/mol. The highest BCUT2D eigenvalue weighted by atomic mass is 19.3. The molecular formula is C10H19F2N. The molecule has 1 fully saturated rings. The highest BCUT2D eigenvalue weighted by Gasteiger charge is 2.27. The molecule has 1 saturated carbocycles. The summed E-state index contributed by atoms with van der Waals surface area (Å²) in [5.74, 6) is -0.342. The Bertz CT molecular complexity index is 140. The molecule has 0 bridgehead atoms. The van der Waals surface area contributed by atoms with Gasteiger partial charge in [0.1, 0.15) is 0 Å². The van der Waals surface area contributed by atoms with Crippen molar-refractivity contribution in [1.29, 1.82) is 0 Å². The van der Waals surface area contributed by atoms with Crippen molar-refractivity contribution >= 4 is 0 Å². The topological polar surface area (TPSA) is 12.0 Å². The SMILES string of the molecule is CC(C)NC1CCC(C(F)F)CC1. The minimum atomic E-state index is -2.11. The first kappa shape index (κ1) is 10.9. The Balaban J connectivity index is 2.22. The van der Waals surface area contributed by atoms with E-state index in [1.807, 2.05) is 0 Å². The number of halogens is 2. The van der Waals surface area contributed by atoms with Crippen LogP contribution in [0.25, 0.3) is 0 Å². The molecule has 13 heavy (non-hydrogen) atoms. The maximum absolute atomic E-state index is 12.3. The third-order valence-corrected chi connectivity index (χ3v) is 2.70. The number of rotatable bonds is 3. The van der Waals surface area contributed by atoms with Gasteiger partial charge in [-0.25, -0.2) is 8.78 Å². The lowest BCUT2D eigenvalue weighted by atomic mass is 9.86. The van der Waals surface area contributed by atoms with Crippen LogP contribution in [0.2, 0.25) is 0 Å². The number of hydrogen-bond acceptors (Lipinski definition) is 1. The second-order valence-electron chi connectivity index (χ2n) is 4.27. The summed E-state index contributed by atoms with van der Waals surface area (Å²) < 4.78 is 24.6. The van der Waals surface area contributed by atoms with Gasteiger partial charge in [0.2, 0.25) is 6.43 Å². The second kappa shape index (κ2) is 4.89. The second-order valence-corrected chi connectivity index (χ2v) is 4.27. The Morgan fingerprint density at radius 2 is 1.62 bits per heavy atom. The van der Waals surface area contributed by atoms with Gasteiger partial charge in [-0.05, 0) is 25.7 Å². The first-order valence-electron chi connectivity index (χ1n) is 5.13. The molecule has 0 heterocycles. The minimum absolute atomic E-state index is 0.342. The highest BCUT2D eigenvalue weighted by Crippen LogP contribution is 2.29. The maximum Gasteiger partial charge on any atom is 0.241 e. The monoisotopic (exact) mass is 191 g/mol. The molecule has 1 nitrogen and oxygen atoms in total. The Morgan fingerprint density at radius 3 is 2.00 bits per heavy atom. The third kappa shape index (κ3) is 3.59. The van der Waals surface area contributed by atoms with Gasteiger partial charge in [0.05, 0.1) is 0 Å². The number of nitrogens with one attached hydrogen (secondary N) is 1. The summed E-state index contributed by atoms with van der Waals surface area (Å²) in [6.45, 7) is 4.19. The smallest absolute Gasteiger partial charge is 0.241 e. The average Bonchev–Trinajstić information content (AvgIpc) is 2.04. The van der Waals surface area contributed by atoms with E-state index < -0.39 is 6.43 Å². The van der Waals surface area contributed by atoms with Crippen LogP contribution >= 0.6 is 0 Å². The predicted octanol–water partition coefficient (Wildman–Crippen LogP) is 2.81.